The van der Waals surface area contributed by atoms with Gasteiger partial charge in [0.05, 0.1) is 24.8 Å². The summed E-state index contributed by atoms with van der Waals surface area (Å²) in [5.74, 6) is 0.888. The zero-order valence-electron chi connectivity index (χ0n) is 13.3. The molecule has 0 spiro atoms. The largest absolute Gasteiger partial charge is 0.383 e. The van der Waals surface area contributed by atoms with E-state index < -0.39 is 0 Å². The summed E-state index contributed by atoms with van der Waals surface area (Å²) in [5.41, 5.74) is -0.0182. The van der Waals surface area contributed by atoms with E-state index in [2.05, 4.69) is 34.7 Å². The van der Waals surface area contributed by atoms with Crippen molar-refractivity contribution in [2.24, 2.45) is 0 Å². The number of aromatic nitrogens is 4. The van der Waals surface area contributed by atoms with Gasteiger partial charge in [0.15, 0.2) is 5.82 Å². The van der Waals surface area contributed by atoms with Crippen molar-refractivity contribution in [1.29, 1.82) is 0 Å². The molecule has 2 heterocycles. The molecule has 0 amide bonds. The van der Waals surface area contributed by atoms with Crippen molar-refractivity contribution >= 4 is 0 Å². The summed E-state index contributed by atoms with van der Waals surface area (Å²) in [7, 11) is 1.70. The molecule has 2 rings (SSSR count). The number of hydrogen-bond acceptors (Lipinski definition) is 6. The number of rotatable bonds is 8. The number of methoxy groups -OCH3 is 1. The molecule has 0 bridgehead atoms. The SMILES string of the molecule is CCC1(CC)CC(n2nnnc2CNCCOC)CCO1. The fourth-order valence-corrected chi connectivity index (χ4v) is 2.94. The Morgan fingerprint density at radius 2 is 2.24 bits per heavy atom. The van der Waals surface area contributed by atoms with Crippen LogP contribution >= 0.6 is 0 Å². The zero-order valence-corrected chi connectivity index (χ0v) is 13.3. The molecular weight excluding hydrogens is 270 g/mol. The fourth-order valence-electron chi connectivity index (χ4n) is 2.94. The number of nitrogens with zero attached hydrogens (tertiary/aromatic N) is 4. The van der Waals surface area contributed by atoms with E-state index in [1.54, 1.807) is 7.11 Å². The average molecular weight is 297 g/mol. The predicted octanol–water partition coefficient (Wildman–Crippen LogP) is 1.32. The molecule has 0 aliphatic carbocycles. The van der Waals surface area contributed by atoms with E-state index in [0.29, 0.717) is 19.2 Å². The van der Waals surface area contributed by atoms with Crippen LogP contribution in [0.5, 0.6) is 0 Å². The summed E-state index contributed by atoms with van der Waals surface area (Å²) < 4.78 is 13.0. The first-order valence-electron chi connectivity index (χ1n) is 7.85. The molecule has 1 aliphatic heterocycles. The lowest BCUT2D eigenvalue weighted by Crippen LogP contribution is -2.40. The first-order valence-corrected chi connectivity index (χ1v) is 7.85. The molecule has 1 aromatic heterocycles. The van der Waals surface area contributed by atoms with Crippen molar-refractivity contribution in [3.8, 4) is 0 Å². The molecule has 0 radical (unpaired) electrons. The molecule has 0 saturated carbocycles. The van der Waals surface area contributed by atoms with E-state index in [4.69, 9.17) is 9.47 Å². The van der Waals surface area contributed by atoms with Gasteiger partial charge in [0.2, 0.25) is 0 Å². The zero-order chi connectivity index (χ0) is 15.1. The second kappa shape index (κ2) is 7.82. The summed E-state index contributed by atoms with van der Waals surface area (Å²) >= 11 is 0. The summed E-state index contributed by atoms with van der Waals surface area (Å²) in [4.78, 5) is 0. The highest BCUT2D eigenvalue weighted by atomic mass is 16.5. The smallest absolute Gasteiger partial charge is 0.165 e. The van der Waals surface area contributed by atoms with Gasteiger partial charge in [-0.15, -0.1) is 5.10 Å². The van der Waals surface area contributed by atoms with Gasteiger partial charge in [-0.3, -0.25) is 0 Å². The molecule has 1 fully saturated rings. The van der Waals surface area contributed by atoms with Crippen molar-refractivity contribution in [1.82, 2.24) is 25.5 Å². The Kier molecular flexibility index (Phi) is 6.08. The highest BCUT2D eigenvalue weighted by Gasteiger charge is 2.36. The Bertz CT molecular complexity index is 419. The minimum atomic E-state index is -0.0182. The second-order valence-corrected chi connectivity index (χ2v) is 5.59. The fraction of sp³-hybridized carbons (Fsp3) is 0.929. The molecule has 120 valence electrons. The van der Waals surface area contributed by atoms with E-state index in [9.17, 15) is 0 Å². The van der Waals surface area contributed by atoms with Gasteiger partial charge in [-0.2, -0.15) is 0 Å². The number of ether oxygens (including phenoxy) is 2. The molecular formula is C14H27N5O2. The van der Waals surface area contributed by atoms with E-state index in [1.165, 1.54) is 0 Å². The molecule has 1 aliphatic rings. The molecule has 21 heavy (non-hydrogen) atoms. The maximum Gasteiger partial charge on any atom is 0.165 e. The average Bonchev–Trinajstić information content (AvgIpc) is 3.00. The third-order valence-electron chi connectivity index (χ3n) is 4.43. The predicted molar refractivity (Wildman–Crippen MR) is 78.9 cm³/mol. The highest BCUT2D eigenvalue weighted by Crippen LogP contribution is 2.36. The van der Waals surface area contributed by atoms with Crippen molar-refractivity contribution in [2.75, 3.05) is 26.9 Å². The number of tetrazole rings is 1. The van der Waals surface area contributed by atoms with Crippen molar-refractivity contribution in [2.45, 2.75) is 57.7 Å². The van der Waals surface area contributed by atoms with Crippen molar-refractivity contribution < 1.29 is 9.47 Å². The first-order chi connectivity index (χ1) is 10.2. The van der Waals surface area contributed by atoms with Crippen molar-refractivity contribution in [3.63, 3.8) is 0 Å². The molecule has 1 saturated heterocycles. The Hall–Kier alpha value is -1.05. The van der Waals surface area contributed by atoms with Gasteiger partial charge in [0.1, 0.15) is 0 Å². The van der Waals surface area contributed by atoms with Crippen LogP contribution in [-0.4, -0.2) is 52.7 Å². The lowest BCUT2D eigenvalue weighted by atomic mass is 9.86. The van der Waals surface area contributed by atoms with Crippen LogP contribution in [-0.2, 0) is 16.0 Å². The maximum atomic E-state index is 6.03. The third kappa shape index (κ3) is 3.99. The Morgan fingerprint density at radius 3 is 2.95 bits per heavy atom. The van der Waals surface area contributed by atoms with E-state index in [-0.39, 0.29) is 5.60 Å². The molecule has 1 aromatic rings. The van der Waals surface area contributed by atoms with E-state index >= 15 is 0 Å². The first kappa shape index (κ1) is 16.3. The van der Waals surface area contributed by atoms with Gasteiger partial charge >= 0.3 is 0 Å². The van der Waals surface area contributed by atoms with Gasteiger partial charge in [0.25, 0.3) is 0 Å². The summed E-state index contributed by atoms with van der Waals surface area (Å²) in [6, 6.07) is 0.327. The molecule has 0 aromatic carbocycles. The highest BCUT2D eigenvalue weighted by molar-refractivity contribution is 4.91. The van der Waals surface area contributed by atoms with Gasteiger partial charge in [-0.05, 0) is 36.1 Å². The van der Waals surface area contributed by atoms with Crippen LogP contribution in [0, 0.1) is 0 Å². The van der Waals surface area contributed by atoms with Crippen LogP contribution in [0.3, 0.4) is 0 Å². The van der Waals surface area contributed by atoms with Crippen LogP contribution in [0.2, 0.25) is 0 Å². The lowest BCUT2D eigenvalue weighted by molar-refractivity contribution is -0.101. The molecule has 1 N–H and O–H groups in total. The lowest BCUT2D eigenvalue weighted by Gasteiger charge is -2.40. The van der Waals surface area contributed by atoms with Crippen LogP contribution in [0.25, 0.3) is 0 Å². The Balaban J connectivity index is 1.99. The quantitative estimate of drug-likeness (QED) is 0.730. The van der Waals surface area contributed by atoms with Gasteiger partial charge in [-0.1, -0.05) is 13.8 Å². The maximum absolute atomic E-state index is 6.03. The minimum absolute atomic E-state index is 0.0182. The normalized spacial score (nSPS) is 21.6. The van der Waals surface area contributed by atoms with Crippen LogP contribution in [0.4, 0.5) is 0 Å². The number of nitrogens with one attached hydrogen (secondary N) is 1. The topological polar surface area (TPSA) is 74.1 Å². The summed E-state index contributed by atoms with van der Waals surface area (Å²) in [5, 5.41) is 15.5. The van der Waals surface area contributed by atoms with E-state index in [0.717, 1.165) is 44.7 Å². The second-order valence-electron chi connectivity index (χ2n) is 5.59. The van der Waals surface area contributed by atoms with Gasteiger partial charge < -0.3 is 14.8 Å². The van der Waals surface area contributed by atoms with Crippen molar-refractivity contribution in [3.05, 3.63) is 5.82 Å². The third-order valence-corrected chi connectivity index (χ3v) is 4.43. The monoisotopic (exact) mass is 297 g/mol. The Morgan fingerprint density at radius 1 is 1.43 bits per heavy atom. The van der Waals surface area contributed by atoms with E-state index in [1.807, 2.05) is 4.68 Å². The number of hydrogen-bond donors (Lipinski definition) is 1. The standard InChI is InChI=1S/C14H27N5O2/c1-4-14(5-2)10-12(6-8-21-14)19-13(16-17-18-19)11-15-7-9-20-3/h12,15H,4-11H2,1-3H3. The molecule has 7 heteroatoms. The van der Waals surface area contributed by atoms with Gasteiger partial charge in [0, 0.05) is 20.3 Å². The minimum Gasteiger partial charge on any atom is -0.383 e. The Labute approximate surface area is 126 Å². The summed E-state index contributed by atoms with van der Waals surface area (Å²) in [6.45, 7) is 7.32. The molecule has 1 unspecified atom stereocenters. The van der Waals surface area contributed by atoms with Gasteiger partial charge in [-0.25, -0.2) is 4.68 Å². The molecule has 7 nitrogen and oxygen atoms in total. The van der Waals surface area contributed by atoms with Crippen LogP contribution < -0.4 is 5.32 Å². The van der Waals surface area contributed by atoms with Crippen LogP contribution in [0.1, 0.15) is 51.4 Å². The van der Waals surface area contributed by atoms with Crippen LogP contribution in [0.15, 0.2) is 0 Å². The summed E-state index contributed by atoms with van der Waals surface area (Å²) in [6.07, 6.45) is 4.01. The molecule has 1 atom stereocenters.